The number of carbonyl (C=O) groups is 1. The molecule has 0 N–H and O–H groups in total. The zero-order valence-corrected chi connectivity index (χ0v) is 7.45. The molecule has 0 aromatic carbocycles. The highest BCUT2D eigenvalue weighted by molar-refractivity contribution is 5.83. The predicted molar refractivity (Wildman–Crippen MR) is 42.9 cm³/mol. The number of hydrogen-bond acceptors (Lipinski definition) is 1. The van der Waals surface area contributed by atoms with Crippen molar-refractivity contribution in [2.75, 3.05) is 0 Å². The molecule has 0 spiro atoms. The number of carbonyl (C=O) groups excluding carboxylic acids is 1. The first kappa shape index (κ1) is 11.1. The van der Waals surface area contributed by atoms with Crippen LogP contribution in [0.4, 0.5) is 8.78 Å². The lowest BCUT2D eigenvalue weighted by Gasteiger charge is -2.06. The third kappa shape index (κ3) is 5.84. The molecule has 0 bridgehead atoms. The summed E-state index contributed by atoms with van der Waals surface area (Å²) in [6.07, 6.45) is -3.24. The van der Waals surface area contributed by atoms with E-state index in [9.17, 15) is 13.6 Å². The second kappa shape index (κ2) is 4.20. The van der Waals surface area contributed by atoms with Gasteiger partial charge in [-0.25, -0.2) is 8.78 Å². The smallest absolute Gasteiger partial charge is 0.292 e. The quantitative estimate of drug-likeness (QED) is 0.587. The van der Waals surface area contributed by atoms with Crippen molar-refractivity contribution in [1.82, 2.24) is 0 Å². The Morgan fingerprint density at radius 3 is 2.25 bits per heavy atom. The maximum absolute atomic E-state index is 11.6. The standard InChI is InChI=1S/C9H12F2O/c1-9(2,3)6-4-5-7(12)8(10)11/h8H,5H2,1-3H3. The summed E-state index contributed by atoms with van der Waals surface area (Å²) in [4.78, 5) is 10.4. The number of ketones is 1. The molecular weight excluding hydrogens is 162 g/mol. The molecule has 0 aromatic heterocycles. The minimum atomic E-state index is -2.89. The van der Waals surface area contributed by atoms with Crippen molar-refractivity contribution in [3.63, 3.8) is 0 Å². The molecule has 68 valence electrons. The minimum absolute atomic E-state index is 0.234. The summed E-state index contributed by atoms with van der Waals surface area (Å²) in [5.41, 5.74) is -0.234. The highest BCUT2D eigenvalue weighted by Crippen LogP contribution is 2.10. The molecule has 0 fully saturated rings. The Bertz CT molecular complexity index is 215. The van der Waals surface area contributed by atoms with E-state index in [1.165, 1.54) is 0 Å². The van der Waals surface area contributed by atoms with Crippen molar-refractivity contribution in [3.05, 3.63) is 0 Å². The van der Waals surface area contributed by atoms with E-state index < -0.39 is 12.2 Å². The van der Waals surface area contributed by atoms with Gasteiger partial charge in [0, 0.05) is 5.41 Å². The summed E-state index contributed by atoms with van der Waals surface area (Å²) >= 11 is 0. The molecule has 0 rings (SSSR count). The topological polar surface area (TPSA) is 17.1 Å². The van der Waals surface area contributed by atoms with Gasteiger partial charge in [-0.05, 0) is 20.8 Å². The van der Waals surface area contributed by atoms with Crippen molar-refractivity contribution in [2.45, 2.75) is 33.6 Å². The summed E-state index contributed by atoms with van der Waals surface area (Å²) < 4.78 is 23.3. The van der Waals surface area contributed by atoms with E-state index in [1.54, 1.807) is 0 Å². The van der Waals surface area contributed by atoms with Gasteiger partial charge in [0.15, 0.2) is 0 Å². The van der Waals surface area contributed by atoms with Gasteiger partial charge >= 0.3 is 0 Å². The van der Waals surface area contributed by atoms with Crippen molar-refractivity contribution < 1.29 is 13.6 Å². The maximum atomic E-state index is 11.6. The number of halogens is 2. The lowest BCUT2D eigenvalue weighted by Crippen LogP contribution is -2.08. The van der Waals surface area contributed by atoms with Gasteiger partial charge in [-0.1, -0.05) is 11.8 Å². The van der Waals surface area contributed by atoms with Crippen LogP contribution in [0.15, 0.2) is 0 Å². The summed E-state index contributed by atoms with van der Waals surface area (Å²) in [5, 5.41) is 0. The monoisotopic (exact) mass is 174 g/mol. The van der Waals surface area contributed by atoms with Crippen LogP contribution < -0.4 is 0 Å². The molecule has 12 heavy (non-hydrogen) atoms. The van der Waals surface area contributed by atoms with Crippen molar-refractivity contribution >= 4 is 5.78 Å². The number of rotatable bonds is 2. The van der Waals surface area contributed by atoms with Crippen LogP contribution in [0, 0.1) is 17.3 Å². The van der Waals surface area contributed by atoms with E-state index in [0.29, 0.717) is 0 Å². The van der Waals surface area contributed by atoms with Gasteiger partial charge in [0.1, 0.15) is 0 Å². The van der Waals surface area contributed by atoms with Gasteiger partial charge in [0.25, 0.3) is 6.43 Å². The van der Waals surface area contributed by atoms with E-state index in [4.69, 9.17) is 0 Å². The van der Waals surface area contributed by atoms with Gasteiger partial charge in [0.2, 0.25) is 5.78 Å². The second-order valence-corrected chi connectivity index (χ2v) is 3.50. The van der Waals surface area contributed by atoms with E-state index in [-0.39, 0.29) is 11.8 Å². The van der Waals surface area contributed by atoms with E-state index in [2.05, 4.69) is 11.8 Å². The van der Waals surface area contributed by atoms with Gasteiger partial charge in [0.05, 0.1) is 6.42 Å². The maximum Gasteiger partial charge on any atom is 0.296 e. The van der Waals surface area contributed by atoms with Crippen LogP contribution >= 0.6 is 0 Å². The Hall–Kier alpha value is -0.910. The van der Waals surface area contributed by atoms with Gasteiger partial charge in [-0.2, -0.15) is 0 Å². The Balaban J connectivity index is 3.96. The van der Waals surface area contributed by atoms with E-state index in [1.807, 2.05) is 20.8 Å². The highest BCUT2D eigenvalue weighted by atomic mass is 19.3. The lowest BCUT2D eigenvalue weighted by molar-refractivity contribution is -0.128. The Kier molecular flexibility index (Phi) is 3.88. The fourth-order valence-corrected chi connectivity index (χ4v) is 0.474. The molecule has 0 atom stereocenters. The fourth-order valence-electron chi connectivity index (χ4n) is 0.474. The third-order valence-electron chi connectivity index (χ3n) is 0.969. The minimum Gasteiger partial charge on any atom is -0.292 e. The van der Waals surface area contributed by atoms with Crippen LogP contribution in [0.2, 0.25) is 0 Å². The molecule has 0 aliphatic rings. The fraction of sp³-hybridized carbons (Fsp3) is 0.667. The van der Waals surface area contributed by atoms with Crippen LogP contribution in [0.1, 0.15) is 27.2 Å². The van der Waals surface area contributed by atoms with Gasteiger partial charge < -0.3 is 0 Å². The Labute approximate surface area is 71.2 Å². The van der Waals surface area contributed by atoms with Gasteiger partial charge in [-0.15, -0.1) is 0 Å². The highest BCUT2D eigenvalue weighted by Gasteiger charge is 2.13. The first-order valence-corrected chi connectivity index (χ1v) is 3.64. The van der Waals surface area contributed by atoms with E-state index in [0.717, 1.165) is 0 Å². The normalized spacial score (nSPS) is 10.8. The van der Waals surface area contributed by atoms with Crippen LogP contribution in [0.3, 0.4) is 0 Å². The van der Waals surface area contributed by atoms with Crippen molar-refractivity contribution in [3.8, 4) is 11.8 Å². The summed E-state index contributed by atoms with van der Waals surface area (Å²) in [6.45, 7) is 5.56. The zero-order chi connectivity index (χ0) is 9.78. The number of hydrogen-bond donors (Lipinski definition) is 0. The molecule has 0 radical (unpaired) electrons. The molecule has 0 saturated heterocycles. The average Bonchev–Trinajstić information content (AvgIpc) is 1.84. The molecule has 3 heteroatoms. The SMILES string of the molecule is CC(C)(C)C#CCC(=O)C(F)F. The molecule has 0 aliphatic carbocycles. The summed E-state index contributed by atoms with van der Waals surface area (Å²) in [6, 6.07) is 0. The second-order valence-electron chi connectivity index (χ2n) is 3.50. The van der Waals surface area contributed by atoms with Crippen LogP contribution in [0.25, 0.3) is 0 Å². The Morgan fingerprint density at radius 1 is 1.42 bits per heavy atom. The molecule has 0 amide bonds. The summed E-state index contributed by atoms with van der Waals surface area (Å²) in [7, 11) is 0. The Morgan fingerprint density at radius 2 is 1.92 bits per heavy atom. The average molecular weight is 174 g/mol. The number of Topliss-reactive ketones (excluding diaryl/α,β-unsaturated/α-hetero) is 1. The largest absolute Gasteiger partial charge is 0.296 e. The molecular formula is C9H12F2O. The van der Waals surface area contributed by atoms with Crippen LogP contribution in [0.5, 0.6) is 0 Å². The van der Waals surface area contributed by atoms with Crippen LogP contribution in [-0.2, 0) is 4.79 Å². The first-order chi connectivity index (χ1) is 5.33. The first-order valence-electron chi connectivity index (χ1n) is 3.64. The molecule has 1 nitrogen and oxygen atoms in total. The molecule has 0 unspecified atom stereocenters. The summed E-state index contributed by atoms with van der Waals surface area (Å²) in [5.74, 6) is 4.03. The molecule has 0 heterocycles. The molecule has 0 saturated carbocycles. The predicted octanol–water partition coefficient (Wildman–Crippen LogP) is 2.26. The van der Waals surface area contributed by atoms with Crippen molar-refractivity contribution in [2.24, 2.45) is 5.41 Å². The zero-order valence-electron chi connectivity index (χ0n) is 7.45. The third-order valence-corrected chi connectivity index (χ3v) is 0.969. The molecule has 0 aromatic rings. The van der Waals surface area contributed by atoms with E-state index >= 15 is 0 Å². The molecule has 0 aliphatic heterocycles. The number of alkyl halides is 2. The van der Waals surface area contributed by atoms with Crippen molar-refractivity contribution in [1.29, 1.82) is 0 Å². The van der Waals surface area contributed by atoms with Crippen LogP contribution in [-0.4, -0.2) is 12.2 Å². The lowest BCUT2D eigenvalue weighted by atomic mass is 9.98. The van der Waals surface area contributed by atoms with Gasteiger partial charge in [-0.3, -0.25) is 4.79 Å².